The highest BCUT2D eigenvalue weighted by Crippen LogP contribution is 2.10. The first-order valence-corrected chi connectivity index (χ1v) is 5.89. The molecule has 0 atom stereocenters. The topological polar surface area (TPSA) is 87.7 Å². The van der Waals surface area contributed by atoms with Crippen molar-refractivity contribution in [3.63, 3.8) is 0 Å². The SMILES string of the molecule is COc1ccc(C(=O)NC(=S)NCCC(=O)O)cc1. The maximum atomic E-state index is 11.8. The van der Waals surface area contributed by atoms with Crippen LogP contribution in [0, 0.1) is 0 Å². The molecule has 0 aliphatic carbocycles. The van der Waals surface area contributed by atoms with Gasteiger partial charge in [-0.05, 0) is 36.5 Å². The number of nitrogens with one attached hydrogen (secondary N) is 2. The van der Waals surface area contributed by atoms with E-state index in [1.807, 2.05) is 0 Å². The van der Waals surface area contributed by atoms with Crippen molar-refractivity contribution in [3.8, 4) is 5.75 Å². The first-order valence-electron chi connectivity index (χ1n) is 5.48. The Morgan fingerprint density at radius 2 is 1.95 bits per heavy atom. The minimum Gasteiger partial charge on any atom is -0.497 e. The molecule has 1 aromatic rings. The first-order chi connectivity index (χ1) is 9.02. The van der Waals surface area contributed by atoms with E-state index in [4.69, 9.17) is 22.1 Å². The molecule has 7 heteroatoms. The molecule has 0 saturated carbocycles. The molecule has 0 unspecified atom stereocenters. The van der Waals surface area contributed by atoms with Gasteiger partial charge in [-0.15, -0.1) is 0 Å². The number of ether oxygens (including phenoxy) is 1. The van der Waals surface area contributed by atoms with E-state index in [0.717, 1.165) is 0 Å². The number of aliphatic carboxylic acids is 1. The Balaban J connectivity index is 2.45. The number of hydrogen-bond donors (Lipinski definition) is 3. The fraction of sp³-hybridized carbons (Fsp3) is 0.250. The smallest absolute Gasteiger partial charge is 0.305 e. The minimum absolute atomic E-state index is 0.0709. The van der Waals surface area contributed by atoms with Crippen LogP contribution in [0.5, 0.6) is 5.75 Å². The van der Waals surface area contributed by atoms with Crippen LogP contribution in [0.3, 0.4) is 0 Å². The number of rotatable bonds is 5. The second kappa shape index (κ2) is 7.32. The highest BCUT2D eigenvalue weighted by atomic mass is 32.1. The van der Waals surface area contributed by atoms with Crippen LogP contribution in [0.25, 0.3) is 0 Å². The molecule has 6 nitrogen and oxygen atoms in total. The summed E-state index contributed by atoms with van der Waals surface area (Å²) in [6, 6.07) is 6.54. The largest absolute Gasteiger partial charge is 0.497 e. The number of carbonyl (C=O) groups is 2. The fourth-order valence-electron chi connectivity index (χ4n) is 1.24. The van der Waals surface area contributed by atoms with E-state index in [9.17, 15) is 9.59 Å². The van der Waals surface area contributed by atoms with Crippen molar-refractivity contribution >= 4 is 29.2 Å². The predicted molar refractivity (Wildman–Crippen MR) is 73.3 cm³/mol. The lowest BCUT2D eigenvalue weighted by atomic mass is 10.2. The third-order valence-corrected chi connectivity index (χ3v) is 2.45. The van der Waals surface area contributed by atoms with Gasteiger partial charge in [-0.25, -0.2) is 0 Å². The highest BCUT2D eigenvalue weighted by molar-refractivity contribution is 7.80. The van der Waals surface area contributed by atoms with Crippen LogP contribution in [0.2, 0.25) is 0 Å². The molecular weight excluding hydrogens is 268 g/mol. The highest BCUT2D eigenvalue weighted by Gasteiger charge is 2.07. The van der Waals surface area contributed by atoms with Crippen molar-refractivity contribution in [2.75, 3.05) is 13.7 Å². The summed E-state index contributed by atoms with van der Waals surface area (Å²) in [6.07, 6.45) is -0.0709. The van der Waals surface area contributed by atoms with Crippen LogP contribution in [-0.4, -0.2) is 35.8 Å². The molecule has 3 N–H and O–H groups in total. The maximum Gasteiger partial charge on any atom is 0.305 e. The molecule has 1 rings (SSSR count). The van der Waals surface area contributed by atoms with Gasteiger partial charge in [0.2, 0.25) is 0 Å². The molecule has 0 aromatic heterocycles. The van der Waals surface area contributed by atoms with E-state index in [2.05, 4.69) is 10.6 Å². The number of benzene rings is 1. The van der Waals surface area contributed by atoms with Crippen LogP contribution in [0.4, 0.5) is 0 Å². The predicted octanol–water partition coefficient (Wildman–Crippen LogP) is 0.774. The number of carbonyl (C=O) groups excluding carboxylic acids is 1. The Morgan fingerprint density at radius 1 is 1.32 bits per heavy atom. The molecular formula is C12H14N2O4S. The van der Waals surface area contributed by atoms with Gasteiger partial charge in [-0.3, -0.25) is 14.9 Å². The van der Waals surface area contributed by atoms with Crippen molar-refractivity contribution in [2.45, 2.75) is 6.42 Å². The molecule has 0 spiro atoms. The lowest BCUT2D eigenvalue weighted by Gasteiger charge is -2.08. The normalized spacial score (nSPS) is 9.53. The van der Waals surface area contributed by atoms with Gasteiger partial charge in [-0.1, -0.05) is 0 Å². The summed E-state index contributed by atoms with van der Waals surface area (Å²) >= 11 is 4.87. The quantitative estimate of drug-likeness (QED) is 0.692. The van der Waals surface area contributed by atoms with E-state index in [1.54, 1.807) is 24.3 Å². The van der Waals surface area contributed by atoms with Gasteiger partial charge in [0.05, 0.1) is 13.5 Å². The van der Waals surface area contributed by atoms with Gasteiger partial charge in [0.25, 0.3) is 5.91 Å². The van der Waals surface area contributed by atoms with Gasteiger partial charge in [-0.2, -0.15) is 0 Å². The van der Waals surface area contributed by atoms with Crippen molar-refractivity contribution < 1.29 is 19.4 Å². The standard InChI is InChI=1S/C12H14N2O4S/c1-18-9-4-2-8(3-5-9)11(17)14-12(19)13-7-6-10(15)16/h2-5H,6-7H2,1H3,(H,15,16)(H2,13,14,17,19). The van der Waals surface area contributed by atoms with E-state index >= 15 is 0 Å². The summed E-state index contributed by atoms with van der Waals surface area (Å²) in [5.74, 6) is -0.647. The molecule has 0 aliphatic rings. The summed E-state index contributed by atoms with van der Waals surface area (Å²) in [5, 5.41) is 13.6. The van der Waals surface area contributed by atoms with Crippen LogP contribution in [0.1, 0.15) is 16.8 Å². The molecule has 0 bridgehead atoms. The van der Waals surface area contributed by atoms with E-state index < -0.39 is 5.97 Å². The molecule has 0 aliphatic heterocycles. The van der Waals surface area contributed by atoms with E-state index in [0.29, 0.717) is 11.3 Å². The number of thiocarbonyl (C=S) groups is 1. The van der Waals surface area contributed by atoms with Crippen LogP contribution < -0.4 is 15.4 Å². The van der Waals surface area contributed by atoms with Crippen LogP contribution >= 0.6 is 12.2 Å². The maximum absolute atomic E-state index is 11.8. The van der Waals surface area contributed by atoms with Crippen molar-refractivity contribution in [2.24, 2.45) is 0 Å². The summed E-state index contributed by atoms with van der Waals surface area (Å²) in [7, 11) is 1.54. The number of methoxy groups -OCH3 is 1. The van der Waals surface area contributed by atoms with Gasteiger partial charge in [0.1, 0.15) is 5.75 Å². The zero-order valence-corrected chi connectivity index (χ0v) is 11.1. The van der Waals surface area contributed by atoms with Gasteiger partial charge >= 0.3 is 5.97 Å². The van der Waals surface area contributed by atoms with E-state index in [-0.39, 0.29) is 24.0 Å². The Hall–Kier alpha value is -2.15. The Kier molecular flexibility index (Phi) is 5.74. The molecule has 1 amide bonds. The number of carboxylic acids is 1. The van der Waals surface area contributed by atoms with E-state index in [1.165, 1.54) is 7.11 Å². The second-order valence-corrected chi connectivity index (χ2v) is 3.99. The molecule has 19 heavy (non-hydrogen) atoms. The Bertz CT molecular complexity index is 473. The minimum atomic E-state index is -0.934. The monoisotopic (exact) mass is 282 g/mol. The fourth-order valence-corrected chi connectivity index (χ4v) is 1.44. The number of hydrogen-bond acceptors (Lipinski definition) is 4. The number of carboxylic acid groups (broad SMARTS) is 1. The molecule has 102 valence electrons. The third kappa shape index (κ3) is 5.35. The summed E-state index contributed by atoms with van der Waals surface area (Å²) in [6.45, 7) is 0.164. The molecule has 0 heterocycles. The van der Waals surface area contributed by atoms with Crippen molar-refractivity contribution in [1.82, 2.24) is 10.6 Å². The zero-order valence-electron chi connectivity index (χ0n) is 10.3. The first kappa shape index (κ1) is 14.9. The Morgan fingerprint density at radius 3 is 2.47 bits per heavy atom. The summed E-state index contributed by atoms with van der Waals surface area (Å²) in [5.41, 5.74) is 0.434. The second-order valence-electron chi connectivity index (χ2n) is 3.58. The number of amides is 1. The Labute approximate surface area is 115 Å². The van der Waals surface area contributed by atoms with Gasteiger partial charge < -0.3 is 15.2 Å². The summed E-state index contributed by atoms with van der Waals surface area (Å²) < 4.78 is 4.98. The van der Waals surface area contributed by atoms with Crippen LogP contribution in [0.15, 0.2) is 24.3 Å². The molecule has 1 aromatic carbocycles. The lowest BCUT2D eigenvalue weighted by Crippen LogP contribution is -2.40. The zero-order chi connectivity index (χ0) is 14.3. The molecule has 0 radical (unpaired) electrons. The van der Waals surface area contributed by atoms with Crippen molar-refractivity contribution in [1.29, 1.82) is 0 Å². The average molecular weight is 282 g/mol. The average Bonchev–Trinajstić information content (AvgIpc) is 2.38. The molecule has 0 saturated heterocycles. The third-order valence-electron chi connectivity index (χ3n) is 2.20. The molecule has 0 fully saturated rings. The van der Waals surface area contributed by atoms with Crippen molar-refractivity contribution in [3.05, 3.63) is 29.8 Å². The summed E-state index contributed by atoms with van der Waals surface area (Å²) in [4.78, 5) is 22.1. The van der Waals surface area contributed by atoms with Gasteiger partial charge in [0.15, 0.2) is 5.11 Å². The lowest BCUT2D eigenvalue weighted by molar-refractivity contribution is -0.136. The van der Waals surface area contributed by atoms with Crippen LogP contribution in [-0.2, 0) is 4.79 Å². The van der Waals surface area contributed by atoms with Gasteiger partial charge in [0, 0.05) is 12.1 Å².